The molecular weight excluding hydrogens is 735 g/mol. The van der Waals surface area contributed by atoms with Gasteiger partial charge in [-0.2, -0.15) is 0 Å². The molecule has 0 unspecified atom stereocenters. The largest absolute Gasteiger partial charge is 1.00 e. The van der Waals surface area contributed by atoms with Gasteiger partial charge in [0, 0.05) is 61.0 Å². The average molecular weight is 765 g/mol. The fraction of sp³-hybridized carbons (Fsp3) is 0.355. The molecule has 2 atom stereocenters. The van der Waals surface area contributed by atoms with Gasteiger partial charge in [0.25, 0.3) is 11.8 Å². The Morgan fingerprint density at radius 2 is 1.94 bits per heavy atom. The van der Waals surface area contributed by atoms with Gasteiger partial charge < -0.3 is 44.9 Å². The van der Waals surface area contributed by atoms with E-state index >= 15 is 4.39 Å². The summed E-state index contributed by atoms with van der Waals surface area (Å²) in [6.07, 6.45) is 2.04. The van der Waals surface area contributed by atoms with Gasteiger partial charge in [-0.15, -0.1) is 23.1 Å². The van der Waals surface area contributed by atoms with E-state index in [1.807, 2.05) is 0 Å². The van der Waals surface area contributed by atoms with Crippen LogP contribution in [0.4, 0.5) is 15.2 Å². The molecule has 268 valence electrons. The number of aryl methyl sites for hydroxylation is 1. The third-order valence-corrected chi connectivity index (χ3v) is 10.6. The number of nitrogens with two attached hydrogens (primary N) is 1. The zero-order chi connectivity index (χ0) is 36.6. The predicted molar refractivity (Wildman–Crippen MR) is 181 cm³/mol. The number of fused-ring (bicyclic) bond motifs is 2. The number of thioether (sulfide) groups is 1. The van der Waals surface area contributed by atoms with Crippen LogP contribution in [-0.2, 0) is 35.3 Å². The number of oxime groups is 1. The van der Waals surface area contributed by atoms with Crippen molar-refractivity contribution in [2.45, 2.75) is 24.9 Å². The first-order valence-corrected chi connectivity index (χ1v) is 17.4. The van der Waals surface area contributed by atoms with Crippen molar-refractivity contribution >= 4 is 80.7 Å². The van der Waals surface area contributed by atoms with Crippen LogP contribution in [0.3, 0.4) is 0 Å². The molecular formula is C31H30FN8NaO9S2. The summed E-state index contributed by atoms with van der Waals surface area (Å²) in [7, 11) is 1.22. The number of nitrogen functional groups attached to an aromatic ring is 1. The van der Waals surface area contributed by atoms with Crippen molar-refractivity contribution < 1.29 is 72.6 Å². The fourth-order valence-electron chi connectivity index (χ4n) is 6.03. The summed E-state index contributed by atoms with van der Waals surface area (Å²) in [4.78, 5) is 89.3. The number of carboxylic acid groups (broad SMARTS) is 1. The number of ether oxygens (including phenoxy) is 1. The molecule has 2 fully saturated rings. The second-order valence-electron chi connectivity index (χ2n) is 11.5. The Bertz CT molecular complexity index is 2080. The first-order valence-electron chi connectivity index (χ1n) is 15.5. The maximum atomic E-state index is 15.4. The fourth-order valence-corrected chi connectivity index (χ4v) is 7.91. The van der Waals surface area contributed by atoms with E-state index in [0.717, 1.165) is 40.5 Å². The van der Waals surface area contributed by atoms with Crippen LogP contribution in [-0.4, -0.2) is 112 Å². The summed E-state index contributed by atoms with van der Waals surface area (Å²) < 4.78 is 22.4. The Morgan fingerprint density at radius 3 is 2.56 bits per heavy atom. The number of thiazole rings is 1. The maximum absolute atomic E-state index is 15.4. The van der Waals surface area contributed by atoms with Crippen LogP contribution in [0.5, 0.6) is 0 Å². The van der Waals surface area contributed by atoms with Gasteiger partial charge in [-0.05, 0) is 19.1 Å². The van der Waals surface area contributed by atoms with Crippen molar-refractivity contribution in [3.05, 3.63) is 62.3 Å². The number of esters is 1. The topological polar surface area (TPSA) is 222 Å². The molecule has 0 spiro atoms. The minimum atomic E-state index is -1.71. The Hall–Kier alpha value is -4.50. The molecule has 52 heavy (non-hydrogen) atoms. The van der Waals surface area contributed by atoms with E-state index in [-0.39, 0.29) is 68.5 Å². The van der Waals surface area contributed by atoms with E-state index in [1.165, 1.54) is 24.8 Å². The number of nitrogens with zero attached hydrogens (tertiary/aromatic N) is 6. The number of pyridine rings is 1. The van der Waals surface area contributed by atoms with Gasteiger partial charge in [-0.3, -0.25) is 24.1 Å². The number of halogens is 1. The maximum Gasteiger partial charge on any atom is 1.00 e. The number of aliphatic carboxylic acids is 1. The Morgan fingerprint density at radius 1 is 1.21 bits per heavy atom. The molecule has 2 aromatic heterocycles. The van der Waals surface area contributed by atoms with Crippen molar-refractivity contribution in [3.8, 4) is 0 Å². The molecule has 17 nitrogen and oxygen atoms in total. The van der Waals surface area contributed by atoms with E-state index in [9.17, 15) is 33.9 Å². The van der Waals surface area contributed by atoms with Crippen LogP contribution in [0.2, 0.25) is 0 Å². The van der Waals surface area contributed by atoms with Crippen molar-refractivity contribution in [3.63, 3.8) is 0 Å². The van der Waals surface area contributed by atoms with Gasteiger partial charge in [0.15, 0.2) is 10.8 Å². The van der Waals surface area contributed by atoms with Crippen molar-refractivity contribution in [2.75, 3.05) is 56.3 Å². The monoisotopic (exact) mass is 764 g/mol. The number of nitrogens with one attached hydrogen (secondary N) is 1. The van der Waals surface area contributed by atoms with Crippen LogP contribution in [0.1, 0.15) is 23.0 Å². The SMILES string of the molecule is CCn1cc(C(=O)OCC2=C(C(=O)[O-])N3C(=O)[C@@H](NC(=O)C(=NOC)c4csc(N)n4)[C@H]3SC2)c(=O)c2cc(F)c(N3CCN(C=O)CC3)cc21.[Na+]. The molecule has 0 radical (unpaired) electrons. The number of piperazine rings is 1. The van der Waals surface area contributed by atoms with Crippen LogP contribution in [0.25, 0.3) is 10.9 Å². The Kier molecular flexibility index (Phi) is 11.9. The molecule has 0 saturated carbocycles. The first-order chi connectivity index (χ1) is 24.5. The summed E-state index contributed by atoms with van der Waals surface area (Å²) in [5.41, 5.74) is 4.51. The molecule has 0 bridgehead atoms. The molecule has 3 aromatic rings. The van der Waals surface area contributed by atoms with Crippen molar-refractivity contribution in [1.29, 1.82) is 0 Å². The second kappa shape index (κ2) is 16.0. The van der Waals surface area contributed by atoms with Gasteiger partial charge in [-0.25, -0.2) is 14.2 Å². The number of carboxylic acids is 1. The molecule has 3 N–H and O–H groups in total. The molecule has 6 rings (SSSR count). The van der Waals surface area contributed by atoms with Crippen LogP contribution >= 0.6 is 23.1 Å². The van der Waals surface area contributed by atoms with E-state index in [1.54, 1.807) is 21.3 Å². The first kappa shape index (κ1) is 38.7. The molecule has 0 aliphatic carbocycles. The van der Waals surface area contributed by atoms with E-state index in [0.29, 0.717) is 38.2 Å². The Balaban J connectivity index is 0.00000523. The second-order valence-corrected chi connectivity index (χ2v) is 13.5. The number of carbonyl (C=O) groups excluding carboxylic acids is 5. The molecule has 21 heteroatoms. The van der Waals surface area contributed by atoms with E-state index in [2.05, 4.69) is 15.5 Å². The minimum absolute atomic E-state index is 0. The number of aromatic nitrogens is 2. The smallest absolute Gasteiger partial charge is 0.543 e. The number of hydrogen-bond donors (Lipinski definition) is 2. The number of amides is 3. The van der Waals surface area contributed by atoms with E-state index < -0.39 is 64.3 Å². The zero-order valence-corrected chi connectivity index (χ0v) is 31.8. The molecule has 3 aliphatic heterocycles. The quantitative estimate of drug-likeness (QED) is 0.0477. The van der Waals surface area contributed by atoms with E-state index in [4.69, 9.17) is 15.3 Å². The molecule has 3 aliphatic rings. The number of β-lactam (4-membered cyclic amide) rings is 1. The molecule has 2 saturated heterocycles. The minimum Gasteiger partial charge on any atom is -0.543 e. The number of benzene rings is 1. The summed E-state index contributed by atoms with van der Waals surface area (Å²) in [5.74, 6) is -5.05. The van der Waals surface area contributed by atoms with Gasteiger partial charge in [-0.1, -0.05) is 5.16 Å². The molecule has 3 amide bonds. The average Bonchev–Trinajstić information content (AvgIpc) is 3.56. The summed E-state index contributed by atoms with van der Waals surface area (Å²) >= 11 is 2.17. The number of anilines is 2. The Labute approximate surface area is 324 Å². The van der Waals surface area contributed by atoms with Gasteiger partial charge in [0.05, 0.1) is 22.9 Å². The predicted octanol–water partition coefficient (Wildman–Crippen LogP) is -3.91. The van der Waals surface area contributed by atoms with Crippen molar-refractivity contribution in [2.24, 2.45) is 5.16 Å². The van der Waals surface area contributed by atoms with Gasteiger partial charge in [0.1, 0.15) is 42.2 Å². The molecule has 5 heterocycles. The number of hydrogen-bond acceptors (Lipinski definition) is 15. The van der Waals surface area contributed by atoms with Crippen LogP contribution in [0.15, 0.2) is 44.9 Å². The van der Waals surface area contributed by atoms with Gasteiger partial charge in [0.2, 0.25) is 11.8 Å². The summed E-state index contributed by atoms with van der Waals surface area (Å²) in [5, 5.41) is 19.2. The van der Waals surface area contributed by atoms with Crippen molar-refractivity contribution in [1.82, 2.24) is 24.7 Å². The van der Waals surface area contributed by atoms with Gasteiger partial charge >= 0.3 is 35.5 Å². The number of carbonyl (C=O) groups is 5. The standard InChI is InChI=1S/C31H31FN8O9S2.Na/c1-3-38-10-17(25(42)16-8-18(32)21(9-20(16)38)39-6-4-37(14-41)5-7-39)30(47)49-11-15-12-50-28-23(27(44)40(28)24(15)29(45)46)35-26(43)22(36-48-2)19-13-51-31(33)34-19;/h8-10,13-14,23,28H,3-7,11-12H2,1-2H3,(H2,33,34)(H,35,43)(H,45,46);/q;+1/p-1/t23-,28-;/m1./s1. The summed E-state index contributed by atoms with van der Waals surface area (Å²) in [6, 6.07) is 1.47. The third-order valence-electron chi connectivity index (χ3n) is 8.58. The van der Waals surface area contributed by atoms with Crippen LogP contribution in [0, 0.1) is 5.82 Å². The number of rotatable bonds is 11. The third kappa shape index (κ3) is 7.25. The summed E-state index contributed by atoms with van der Waals surface area (Å²) in [6.45, 7) is 3.12. The van der Waals surface area contributed by atoms with Crippen LogP contribution < -0.4 is 56.0 Å². The normalized spacial score (nSPS) is 18.7. The zero-order valence-electron chi connectivity index (χ0n) is 28.1. The molecule has 1 aromatic carbocycles.